The molecule has 0 amide bonds. The lowest BCUT2D eigenvalue weighted by Gasteiger charge is -2.24. The first kappa shape index (κ1) is 11.4. The minimum absolute atomic E-state index is 0.305. The second-order valence-corrected chi connectivity index (χ2v) is 4.76. The van der Waals surface area contributed by atoms with Crippen molar-refractivity contribution in [2.45, 2.75) is 12.8 Å². The molecule has 1 aliphatic rings. The number of nitrogens with zero attached hydrogens (tertiary/aromatic N) is 1. The van der Waals surface area contributed by atoms with Crippen LogP contribution in [0.2, 0.25) is 0 Å². The van der Waals surface area contributed by atoms with Gasteiger partial charge < -0.3 is 4.74 Å². The average molecular weight is 223 g/mol. The molecule has 0 bridgehead atoms. The highest BCUT2D eigenvalue weighted by Crippen LogP contribution is 2.11. The van der Waals surface area contributed by atoms with Gasteiger partial charge in [0.05, 0.1) is 13.7 Å². The molecule has 1 fully saturated rings. The summed E-state index contributed by atoms with van der Waals surface area (Å²) >= 11 is 0. The molecule has 0 aliphatic carbocycles. The van der Waals surface area contributed by atoms with E-state index in [1.165, 1.54) is 0 Å². The second kappa shape index (κ2) is 4.72. The molecule has 0 radical (unpaired) electrons. The van der Waals surface area contributed by atoms with Crippen molar-refractivity contribution in [1.29, 1.82) is 0 Å². The summed E-state index contributed by atoms with van der Waals surface area (Å²) in [5.41, 5.74) is 0. The van der Waals surface area contributed by atoms with Gasteiger partial charge in [0.1, 0.15) is 0 Å². The van der Waals surface area contributed by atoms with Crippen molar-refractivity contribution in [2.24, 2.45) is 0 Å². The van der Waals surface area contributed by atoms with E-state index in [9.17, 15) is 13.2 Å². The Balaban J connectivity index is 2.59. The minimum Gasteiger partial charge on any atom is -0.468 e. The first-order chi connectivity index (χ1) is 6.56. The van der Waals surface area contributed by atoms with Crippen LogP contribution in [0.3, 0.4) is 0 Å². The number of ether oxygens (including phenoxy) is 1. The molecule has 7 heteroatoms. The van der Waals surface area contributed by atoms with Gasteiger partial charge in [-0.05, 0) is 12.8 Å². The van der Waals surface area contributed by atoms with Crippen LogP contribution in [-0.4, -0.2) is 44.9 Å². The molecular weight excluding hydrogens is 210 g/mol. The van der Waals surface area contributed by atoms with Crippen molar-refractivity contribution < 1.29 is 22.8 Å². The quantitative estimate of drug-likeness (QED) is 0.604. The number of sulfonamides is 1. The van der Waals surface area contributed by atoms with Gasteiger partial charge in [-0.15, -0.1) is 0 Å². The summed E-state index contributed by atoms with van der Waals surface area (Å²) in [5, 5.41) is 0. The monoisotopic (exact) mass is 223 g/mol. The Bertz CT molecular complexity index is 293. The van der Waals surface area contributed by atoms with Gasteiger partial charge in [-0.1, -0.05) is 4.47 Å². The maximum atomic E-state index is 11.5. The summed E-state index contributed by atoms with van der Waals surface area (Å²) in [7, 11) is -2.51. The second-order valence-electron chi connectivity index (χ2n) is 2.90. The summed E-state index contributed by atoms with van der Waals surface area (Å²) in [6, 6.07) is 0. The van der Waals surface area contributed by atoms with Crippen molar-refractivity contribution in [3.8, 4) is 0 Å². The summed E-state index contributed by atoms with van der Waals surface area (Å²) < 4.78 is 28.1. The lowest BCUT2D eigenvalue weighted by atomic mass is 10.3. The molecule has 14 heavy (non-hydrogen) atoms. The van der Waals surface area contributed by atoms with Gasteiger partial charge in [-0.25, -0.2) is 8.42 Å². The van der Waals surface area contributed by atoms with Crippen molar-refractivity contribution in [2.75, 3.05) is 26.0 Å². The van der Waals surface area contributed by atoms with E-state index in [2.05, 4.69) is 4.74 Å². The van der Waals surface area contributed by atoms with Crippen molar-refractivity contribution in [3.63, 3.8) is 0 Å². The number of esters is 1. The Morgan fingerprint density at radius 3 is 2.71 bits per heavy atom. The van der Waals surface area contributed by atoms with Crippen molar-refractivity contribution in [3.05, 3.63) is 0 Å². The summed E-state index contributed by atoms with van der Waals surface area (Å²) in [6.45, 7) is 0.680. The van der Waals surface area contributed by atoms with Crippen LogP contribution >= 0.6 is 0 Å². The topological polar surface area (TPSA) is 72.9 Å². The van der Waals surface area contributed by atoms with Gasteiger partial charge >= 0.3 is 5.97 Å². The van der Waals surface area contributed by atoms with Gasteiger partial charge in [0, 0.05) is 6.54 Å². The van der Waals surface area contributed by atoms with E-state index in [0.717, 1.165) is 24.4 Å². The van der Waals surface area contributed by atoms with Crippen molar-refractivity contribution in [1.82, 2.24) is 4.47 Å². The molecule has 0 aromatic carbocycles. The van der Waals surface area contributed by atoms with Gasteiger partial charge in [0.2, 0.25) is 10.0 Å². The maximum absolute atomic E-state index is 11.5. The number of hydroxylamine groups is 1. The molecule has 1 rings (SSSR count). The first-order valence-corrected chi connectivity index (χ1v) is 5.87. The fraction of sp³-hybridized carbons (Fsp3) is 0.857. The highest BCUT2D eigenvalue weighted by atomic mass is 32.2. The van der Waals surface area contributed by atoms with E-state index < -0.39 is 21.7 Å². The number of hydrogen-bond acceptors (Lipinski definition) is 5. The Morgan fingerprint density at radius 2 is 2.21 bits per heavy atom. The van der Waals surface area contributed by atoms with Crippen LogP contribution in [0.25, 0.3) is 0 Å². The van der Waals surface area contributed by atoms with Crippen LogP contribution in [0, 0.1) is 0 Å². The van der Waals surface area contributed by atoms with Crippen LogP contribution in [0.4, 0.5) is 0 Å². The van der Waals surface area contributed by atoms with Crippen LogP contribution in [0.1, 0.15) is 12.8 Å². The van der Waals surface area contributed by atoms with Crippen LogP contribution in [0.15, 0.2) is 0 Å². The SMILES string of the molecule is COC(=O)CS(=O)(=O)N1CCCCO1. The number of hydrogen-bond donors (Lipinski definition) is 0. The molecule has 6 nitrogen and oxygen atoms in total. The third-order valence-corrected chi connectivity index (χ3v) is 3.32. The predicted molar refractivity (Wildman–Crippen MR) is 47.7 cm³/mol. The van der Waals surface area contributed by atoms with Crippen LogP contribution in [-0.2, 0) is 24.4 Å². The number of methoxy groups -OCH3 is 1. The summed E-state index contributed by atoms with van der Waals surface area (Å²) in [5.74, 6) is -1.44. The Morgan fingerprint density at radius 1 is 1.50 bits per heavy atom. The van der Waals surface area contributed by atoms with E-state index in [0.29, 0.717) is 13.2 Å². The molecule has 1 saturated heterocycles. The van der Waals surface area contributed by atoms with Gasteiger partial charge in [0.15, 0.2) is 5.75 Å². The smallest absolute Gasteiger partial charge is 0.322 e. The summed E-state index contributed by atoms with van der Waals surface area (Å²) in [6.07, 6.45) is 1.59. The van der Waals surface area contributed by atoms with Crippen LogP contribution in [0.5, 0.6) is 0 Å². The number of carbonyl (C=O) groups excluding carboxylic acids is 1. The highest BCUT2D eigenvalue weighted by molar-refractivity contribution is 7.89. The molecule has 0 N–H and O–H groups in total. The third kappa shape index (κ3) is 2.93. The molecule has 0 unspecified atom stereocenters. The van der Waals surface area contributed by atoms with E-state index >= 15 is 0 Å². The lowest BCUT2D eigenvalue weighted by molar-refractivity contribution is -0.138. The standard InChI is InChI=1S/C7H13NO5S/c1-12-7(9)6-14(10,11)8-4-2-3-5-13-8/h2-6H2,1H3. The molecule has 1 aliphatic heterocycles. The third-order valence-electron chi connectivity index (χ3n) is 1.81. The van der Waals surface area contributed by atoms with E-state index in [1.807, 2.05) is 0 Å². The fourth-order valence-electron chi connectivity index (χ4n) is 1.07. The molecular formula is C7H13NO5S. The Kier molecular flexibility index (Phi) is 3.85. The predicted octanol–water partition coefficient (Wildman–Crippen LogP) is -0.483. The minimum atomic E-state index is -3.66. The van der Waals surface area contributed by atoms with E-state index in [1.54, 1.807) is 0 Å². The zero-order chi connectivity index (χ0) is 10.6. The number of carbonyl (C=O) groups is 1. The lowest BCUT2D eigenvalue weighted by Crippen LogP contribution is -2.39. The highest BCUT2D eigenvalue weighted by Gasteiger charge is 2.28. The largest absolute Gasteiger partial charge is 0.468 e. The Hall–Kier alpha value is -0.660. The van der Waals surface area contributed by atoms with Gasteiger partial charge in [0.25, 0.3) is 0 Å². The molecule has 0 saturated carbocycles. The summed E-state index contributed by atoms with van der Waals surface area (Å²) in [4.78, 5) is 15.7. The average Bonchev–Trinajstić information content (AvgIpc) is 2.18. The first-order valence-electron chi connectivity index (χ1n) is 4.26. The molecule has 0 atom stereocenters. The fourth-order valence-corrected chi connectivity index (χ4v) is 2.28. The maximum Gasteiger partial charge on any atom is 0.322 e. The molecule has 0 spiro atoms. The van der Waals surface area contributed by atoms with E-state index in [4.69, 9.17) is 4.84 Å². The molecule has 0 aromatic heterocycles. The van der Waals surface area contributed by atoms with Crippen molar-refractivity contribution >= 4 is 16.0 Å². The zero-order valence-electron chi connectivity index (χ0n) is 7.93. The number of rotatable bonds is 3. The zero-order valence-corrected chi connectivity index (χ0v) is 8.75. The van der Waals surface area contributed by atoms with Gasteiger partial charge in [-0.3, -0.25) is 9.63 Å². The van der Waals surface area contributed by atoms with Crippen LogP contribution < -0.4 is 0 Å². The molecule has 1 heterocycles. The normalized spacial score (nSPS) is 19.2. The van der Waals surface area contributed by atoms with Gasteiger partial charge in [-0.2, -0.15) is 0 Å². The molecule has 82 valence electrons. The van der Waals surface area contributed by atoms with E-state index in [-0.39, 0.29) is 0 Å². The molecule has 0 aromatic rings. The Labute approximate surface area is 82.8 Å².